The zero-order valence-corrected chi connectivity index (χ0v) is 13.7. The zero-order chi connectivity index (χ0) is 14.6. The average molecular weight is 303 g/mol. The van der Waals surface area contributed by atoms with Crippen molar-refractivity contribution in [3.05, 3.63) is 0 Å². The Hall–Kier alpha value is -0.170. The van der Waals surface area contributed by atoms with Gasteiger partial charge in [0.05, 0.1) is 0 Å². The lowest BCUT2D eigenvalue weighted by Gasteiger charge is -2.38. The average Bonchev–Trinajstić information content (AvgIpc) is 2.46. The van der Waals surface area contributed by atoms with Crippen LogP contribution >= 0.6 is 0 Å². The first kappa shape index (κ1) is 16.2. The Bertz CT molecular complexity index is 393. The molecule has 0 amide bonds. The number of nitrogens with zero attached hydrogens (tertiary/aromatic N) is 2. The molecule has 0 radical (unpaired) electrons. The van der Waals surface area contributed by atoms with Crippen molar-refractivity contribution < 1.29 is 8.42 Å². The summed E-state index contributed by atoms with van der Waals surface area (Å²) in [5.74, 6) is 0. The molecular formula is C14H29N3O2S. The highest BCUT2D eigenvalue weighted by atomic mass is 32.2. The molecule has 2 fully saturated rings. The molecule has 2 rings (SSSR count). The van der Waals surface area contributed by atoms with Crippen molar-refractivity contribution >= 4 is 10.2 Å². The first-order valence-electron chi connectivity index (χ1n) is 8.01. The van der Waals surface area contributed by atoms with Crippen molar-refractivity contribution in [2.75, 3.05) is 26.2 Å². The van der Waals surface area contributed by atoms with Gasteiger partial charge in [-0.2, -0.15) is 12.7 Å². The third kappa shape index (κ3) is 4.16. The summed E-state index contributed by atoms with van der Waals surface area (Å²) in [5, 5.41) is 0. The SMILES string of the molecule is C[C@H](CNS(=O)(=O)N1CCCCC1)N1CCCC[C@@H]1C. The number of likely N-dealkylation sites (tertiary alicyclic amines) is 1. The smallest absolute Gasteiger partial charge is 0.279 e. The van der Waals surface area contributed by atoms with Gasteiger partial charge < -0.3 is 0 Å². The second-order valence-corrected chi connectivity index (χ2v) is 8.00. The summed E-state index contributed by atoms with van der Waals surface area (Å²) in [6.07, 6.45) is 6.87. The molecule has 0 aliphatic carbocycles. The third-order valence-corrected chi connectivity index (χ3v) is 6.21. The predicted molar refractivity (Wildman–Crippen MR) is 81.8 cm³/mol. The Balaban J connectivity index is 1.83. The number of rotatable bonds is 5. The lowest BCUT2D eigenvalue weighted by Crippen LogP contribution is -2.51. The van der Waals surface area contributed by atoms with Crippen molar-refractivity contribution in [1.29, 1.82) is 0 Å². The molecule has 0 unspecified atom stereocenters. The lowest BCUT2D eigenvalue weighted by atomic mass is 10.0. The monoisotopic (exact) mass is 303 g/mol. The van der Waals surface area contributed by atoms with Crippen LogP contribution in [0, 0.1) is 0 Å². The molecule has 2 heterocycles. The Morgan fingerprint density at radius 1 is 1.10 bits per heavy atom. The molecule has 0 aromatic carbocycles. The molecule has 20 heavy (non-hydrogen) atoms. The second kappa shape index (κ2) is 7.20. The maximum absolute atomic E-state index is 12.3. The molecule has 6 heteroatoms. The Morgan fingerprint density at radius 2 is 1.75 bits per heavy atom. The minimum Gasteiger partial charge on any atom is -0.297 e. The first-order chi connectivity index (χ1) is 9.50. The zero-order valence-electron chi connectivity index (χ0n) is 12.8. The lowest BCUT2D eigenvalue weighted by molar-refractivity contribution is 0.116. The highest BCUT2D eigenvalue weighted by molar-refractivity contribution is 7.87. The fraction of sp³-hybridized carbons (Fsp3) is 1.00. The summed E-state index contributed by atoms with van der Waals surface area (Å²) in [4.78, 5) is 2.43. The Morgan fingerprint density at radius 3 is 2.40 bits per heavy atom. The maximum Gasteiger partial charge on any atom is 0.279 e. The molecule has 2 atom stereocenters. The number of hydrogen-bond acceptors (Lipinski definition) is 3. The molecule has 2 aliphatic heterocycles. The minimum atomic E-state index is -3.28. The number of hydrogen-bond donors (Lipinski definition) is 1. The minimum absolute atomic E-state index is 0.268. The molecule has 0 spiro atoms. The Labute approximate surface area is 123 Å². The van der Waals surface area contributed by atoms with E-state index < -0.39 is 10.2 Å². The van der Waals surface area contributed by atoms with Crippen LogP contribution in [0.15, 0.2) is 0 Å². The van der Waals surface area contributed by atoms with E-state index in [2.05, 4.69) is 23.5 Å². The normalized spacial score (nSPS) is 28.4. The van der Waals surface area contributed by atoms with Crippen molar-refractivity contribution in [3.63, 3.8) is 0 Å². The van der Waals surface area contributed by atoms with Gasteiger partial charge in [-0.05, 0) is 46.1 Å². The van der Waals surface area contributed by atoms with Crippen LogP contribution in [0.5, 0.6) is 0 Å². The van der Waals surface area contributed by atoms with Gasteiger partial charge in [-0.25, -0.2) is 4.72 Å². The van der Waals surface area contributed by atoms with Crippen molar-refractivity contribution in [3.8, 4) is 0 Å². The largest absolute Gasteiger partial charge is 0.297 e. The number of nitrogens with one attached hydrogen (secondary N) is 1. The second-order valence-electron chi connectivity index (χ2n) is 6.24. The topological polar surface area (TPSA) is 52.7 Å². The van der Waals surface area contributed by atoms with Gasteiger partial charge in [-0.15, -0.1) is 0 Å². The van der Waals surface area contributed by atoms with Crippen molar-refractivity contribution in [2.45, 2.75) is 64.5 Å². The van der Waals surface area contributed by atoms with Crippen LogP contribution in [0.3, 0.4) is 0 Å². The van der Waals surface area contributed by atoms with E-state index in [1.165, 1.54) is 19.3 Å². The van der Waals surface area contributed by atoms with E-state index in [0.29, 0.717) is 25.7 Å². The first-order valence-corrected chi connectivity index (χ1v) is 9.45. The predicted octanol–water partition coefficient (Wildman–Crippen LogP) is 1.57. The van der Waals surface area contributed by atoms with Gasteiger partial charge >= 0.3 is 0 Å². The van der Waals surface area contributed by atoms with Crippen LogP contribution in [0.4, 0.5) is 0 Å². The van der Waals surface area contributed by atoms with Crippen molar-refractivity contribution in [2.24, 2.45) is 0 Å². The van der Waals surface area contributed by atoms with E-state index in [0.717, 1.165) is 25.8 Å². The Kier molecular flexibility index (Phi) is 5.84. The molecule has 0 aromatic rings. The summed E-state index contributed by atoms with van der Waals surface area (Å²) in [5.41, 5.74) is 0. The van der Waals surface area contributed by atoms with Crippen LogP contribution in [-0.2, 0) is 10.2 Å². The highest BCUT2D eigenvalue weighted by Gasteiger charge is 2.27. The van der Waals surface area contributed by atoms with E-state index in [-0.39, 0.29) is 6.04 Å². The van der Waals surface area contributed by atoms with Crippen LogP contribution in [0.1, 0.15) is 52.4 Å². The molecule has 2 aliphatic rings. The van der Waals surface area contributed by atoms with E-state index in [1.807, 2.05) is 0 Å². The van der Waals surface area contributed by atoms with Gasteiger partial charge in [0.2, 0.25) is 0 Å². The van der Waals surface area contributed by atoms with Crippen molar-refractivity contribution in [1.82, 2.24) is 13.9 Å². The number of piperidine rings is 2. The van der Waals surface area contributed by atoms with Gasteiger partial charge in [0, 0.05) is 31.7 Å². The summed E-state index contributed by atoms with van der Waals surface area (Å²) >= 11 is 0. The molecule has 0 saturated carbocycles. The third-order valence-electron chi connectivity index (χ3n) is 4.64. The maximum atomic E-state index is 12.3. The van der Waals surface area contributed by atoms with Crippen LogP contribution in [0.2, 0.25) is 0 Å². The summed E-state index contributed by atoms with van der Waals surface area (Å²) in [7, 11) is -3.28. The van der Waals surface area contributed by atoms with Gasteiger partial charge in [0.15, 0.2) is 0 Å². The van der Waals surface area contributed by atoms with Gasteiger partial charge in [0.1, 0.15) is 0 Å². The molecule has 0 bridgehead atoms. The summed E-state index contributed by atoms with van der Waals surface area (Å²) in [6, 6.07) is 0.836. The standard InChI is InChI=1S/C14H29N3O2S/c1-13-8-4-7-11-17(13)14(2)12-15-20(18,19)16-9-5-3-6-10-16/h13-15H,3-12H2,1-2H3/t13-,14+/m0/s1. The van der Waals surface area contributed by atoms with Gasteiger partial charge in [0.25, 0.3) is 10.2 Å². The fourth-order valence-electron chi connectivity index (χ4n) is 3.31. The van der Waals surface area contributed by atoms with Gasteiger partial charge in [-0.3, -0.25) is 4.90 Å². The molecule has 0 aromatic heterocycles. The molecular weight excluding hydrogens is 274 g/mol. The van der Waals surface area contributed by atoms with Crippen LogP contribution < -0.4 is 4.72 Å². The van der Waals surface area contributed by atoms with E-state index in [9.17, 15) is 8.42 Å². The molecule has 118 valence electrons. The van der Waals surface area contributed by atoms with E-state index in [1.54, 1.807) is 4.31 Å². The molecule has 1 N–H and O–H groups in total. The van der Waals surface area contributed by atoms with Crippen LogP contribution in [-0.4, -0.2) is 55.9 Å². The van der Waals surface area contributed by atoms with Gasteiger partial charge in [-0.1, -0.05) is 12.8 Å². The van der Waals surface area contributed by atoms with E-state index >= 15 is 0 Å². The summed E-state index contributed by atoms with van der Waals surface area (Å²) < 4.78 is 28.9. The van der Waals surface area contributed by atoms with Crippen LogP contribution in [0.25, 0.3) is 0 Å². The summed E-state index contributed by atoms with van der Waals surface area (Å²) in [6.45, 7) is 7.32. The highest BCUT2D eigenvalue weighted by Crippen LogP contribution is 2.19. The molecule has 5 nitrogen and oxygen atoms in total. The molecule has 2 saturated heterocycles. The fourth-order valence-corrected chi connectivity index (χ4v) is 4.69. The quantitative estimate of drug-likeness (QED) is 0.839. The van der Waals surface area contributed by atoms with E-state index in [4.69, 9.17) is 0 Å².